The summed E-state index contributed by atoms with van der Waals surface area (Å²) in [7, 11) is 2.75. The molecule has 1 aromatic rings. The number of methoxy groups -OCH3 is 2. The molecule has 1 aliphatic heterocycles. The van der Waals surface area contributed by atoms with Crippen LogP contribution in [0, 0.1) is 0 Å². The summed E-state index contributed by atoms with van der Waals surface area (Å²) in [5.41, 5.74) is 0.807. The number of carboxylic acid groups (broad SMARTS) is 2. The highest BCUT2D eigenvalue weighted by Gasteiger charge is 2.40. The van der Waals surface area contributed by atoms with E-state index in [0.717, 1.165) is 6.08 Å². The van der Waals surface area contributed by atoms with Crippen molar-refractivity contribution in [2.24, 2.45) is 0 Å². The average Bonchev–Trinajstić information content (AvgIpc) is 3.04. The van der Waals surface area contributed by atoms with Gasteiger partial charge in [0.1, 0.15) is 12.0 Å². The van der Waals surface area contributed by atoms with Crippen LogP contribution in [-0.4, -0.2) is 47.6 Å². The highest BCUT2D eigenvalue weighted by atomic mass is 16.5. The number of carbonyl (C=O) groups is 2. The molecule has 0 saturated heterocycles. The normalized spacial score (nSPS) is 19.1. The quantitative estimate of drug-likeness (QED) is 0.353. The van der Waals surface area contributed by atoms with Gasteiger partial charge in [0.15, 0.2) is 23.0 Å². The van der Waals surface area contributed by atoms with Gasteiger partial charge < -0.3 is 29.5 Å². The van der Waals surface area contributed by atoms with Crippen molar-refractivity contribution in [3.8, 4) is 11.5 Å². The van der Waals surface area contributed by atoms with Crippen LogP contribution in [0.3, 0.4) is 0 Å². The van der Waals surface area contributed by atoms with Crippen LogP contribution in [0.25, 0.3) is 6.08 Å². The summed E-state index contributed by atoms with van der Waals surface area (Å²) in [6.45, 7) is 3.44. The van der Waals surface area contributed by atoms with Crippen molar-refractivity contribution in [2.45, 2.75) is 12.0 Å². The van der Waals surface area contributed by atoms with Gasteiger partial charge in [0.25, 0.3) is 0 Å². The monoisotopic (exact) mass is 388 g/mol. The van der Waals surface area contributed by atoms with Crippen LogP contribution in [0.1, 0.15) is 17.0 Å². The molecule has 1 aliphatic rings. The summed E-state index contributed by atoms with van der Waals surface area (Å²) in [4.78, 5) is 22.6. The average molecular weight is 388 g/mol. The SMILES string of the molecule is C=C/C(O)=C(\C=C\[C@@H]1Oc2c(OC)cc(/C=C/C(=O)O)cc2[C@H]1C(=O)O)OC. The molecular formula is C20H20O8. The number of benzene rings is 1. The van der Waals surface area contributed by atoms with Crippen LogP contribution in [-0.2, 0) is 14.3 Å². The Balaban J connectivity index is 2.49. The molecule has 28 heavy (non-hydrogen) atoms. The number of allylic oxidation sites excluding steroid dienone is 2. The van der Waals surface area contributed by atoms with Gasteiger partial charge in [0.05, 0.1) is 14.2 Å². The first-order valence-corrected chi connectivity index (χ1v) is 8.12. The molecule has 0 amide bonds. The zero-order valence-electron chi connectivity index (χ0n) is 15.3. The number of hydrogen-bond acceptors (Lipinski definition) is 6. The molecule has 0 fully saturated rings. The standard InChI is InChI=1S/C20H20O8/c1-4-13(21)14(26-2)6-7-15-18(20(24)25)12-9-11(5-8-17(22)23)10-16(27-3)19(12)28-15/h4-10,15,18,21H,1H2,2-3H3,(H,22,23)(H,24,25)/b7-6+,8-5+,14-13-/t15-,18+/m0/s1. The van der Waals surface area contributed by atoms with Crippen LogP contribution in [0.2, 0.25) is 0 Å². The maximum atomic E-state index is 11.9. The van der Waals surface area contributed by atoms with Gasteiger partial charge in [-0.2, -0.15) is 0 Å². The second-order valence-corrected chi connectivity index (χ2v) is 5.73. The van der Waals surface area contributed by atoms with Crippen molar-refractivity contribution in [1.82, 2.24) is 0 Å². The minimum atomic E-state index is -1.13. The van der Waals surface area contributed by atoms with Crippen LogP contribution in [0.4, 0.5) is 0 Å². The zero-order valence-corrected chi connectivity index (χ0v) is 15.3. The van der Waals surface area contributed by atoms with Gasteiger partial charge in [0.2, 0.25) is 0 Å². The van der Waals surface area contributed by atoms with Gasteiger partial charge in [-0.25, -0.2) is 4.79 Å². The molecule has 2 rings (SSSR count). The molecule has 8 heteroatoms. The lowest BCUT2D eigenvalue weighted by Crippen LogP contribution is -2.23. The molecule has 0 bridgehead atoms. The highest BCUT2D eigenvalue weighted by Crippen LogP contribution is 2.46. The summed E-state index contributed by atoms with van der Waals surface area (Å²) in [6.07, 6.45) is 5.40. The van der Waals surface area contributed by atoms with Gasteiger partial charge in [0, 0.05) is 11.6 Å². The molecule has 0 spiro atoms. The van der Waals surface area contributed by atoms with E-state index in [9.17, 15) is 19.8 Å². The molecule has 1 heterocycles. The largest absolute Gasteiger partial charge is 0.504 e. The number of aliphatic hydroxyl groups excluding tert-OH is 1. The van der Waals surface area contributed by atoms with Crippen LogP contribution in [0.15, 0.2) is 54.5 Å². The zero-order chi connectivity index (χ0) is 20.8. The van der Waals surface area contributed by atoms with Crippen molar-refractivity contribution >= 4 is 18.0 Å². The first-order valence-electron chi connectivity index (χ1n) is 8.12. The topological polar surface area (TPSA) is 123 Å². The fraction of sp³-hybridized carbons (Fsp3) is 0.200. The van der Waals surface area contributed by atoms with Crippen LogP contribution >= 0.6 is 0 Å². The van der Waals surface area contributed by atoms with Crippen LogP contribution in [0.5, 0.6) is 11.5 Å². The molecule has 0 aliphatic carbocycles. The fourth-order valence-electron chi connectivity index (χ4n) is 2.76. The number of aliphatic carboxylic acids is 2. The van der Waals surface area contributed by atoms with Gasteiger partial charge in [-0.3, -0.25) is 4.79 Å². The van der Waals surface area contributed by atoms with E-state index in [-0.39, 0.29) is 23.0 Å². The Kier molecular flexibility index (Phi) is 6.49. The minimum Gasteiger partial charge on any atom is -0.504 e. The molecule has 148 valence electrons. The Morgan fingerprint density at radius 1 is 1.18 bits per heavy atom. The number of aliphatic hydroxyl groups is 1. The maximum absolute atomic E-state index is 11.9. The lowest BCUT2D eigenvalue weighted by Gasteiger charge is -2.12. The smallest absolute Gasteiger partial charge is 0.328 e. The van der Waals surface area contributed by atoms with Crippen molar-refractivity contribution in [1.29, 1.82) is 0 Å². The third-order valence-electron chi connectivity index (χ3n) is 4.03. The van der Waals surface area contributed by atoms with E-state index >= 15 is 0 Å². The van der Waals surface area contributed by atoms with E-state index in [2.05, 4.69) is 6.58 Å². The van der Waals surface area contributed by atoms with E-state index in [1.54, 1.807) is 6.07 Å². The lowest BCUT2D eigenvalue weighted by atomic mass is 9.93. The highest BCUT2D eigenvalue weighted by molar-refractivity contribution is 5.86. The van der Waals surface area contributed by atoms with Crippen LogP contribution < -0.4 is 9.47 Å². The maximum Gasteiger partial charge on any atom is 0.328 e. The van der Waals surface area contributed by atoms with Gasteiger partial charge in [-0.1, -0.05) is 6.58 Å². The summed E-state index contributed by atoms with van der Waals surface area (Å²) in [6, 6.07) is 3.09. The first-order chi connectivity index (χ1) is 13.3. The molecular weight excluding hydrogens is 368 g/mol. The van der Waals surface area contributed by atoms with Crippen molar-refractivity contribution in [3.63, 3.8) is 0 Å². The third kappa shape index (κ3) is 4.35. The second kappa shape index (κ2) is 8.81. The molecule has 0 unspecified atom stereocenters. The molecule has 3 N–H and O–H groups in total. The number of ether oxygens (including phenoxy) is 3. The van der Waals surface area contributed by atoms with Crippen molar-refractivity contribution in [2.75, 3.05) is 14.2 Å². The second-order valence-electron chi connectivity index (χ2n) is 5.73. The molecule has 1 aromatic carbocycles. The van der Waals surface area contributed by atoms with E-state index in [1.165, 1.54) is 44.6 Å². The minimum absolute atomic E-state index is 0.0933. The van der Waals surface area contributed by atoms with E-state index in [1.807, 2.05) is 0 Å². The Bertz CT molecular complexity index is 878. The van der Waals surface area contributed by atoms with Gasteiger partial charge in [-0.05, 0) is 42.0 Å². The number of hydrogen-bond donors (Lipinski definition) is 3. The summed E-state index contributed by atoms with van der Waals surface area (Å²) in [5, 5.41) is 28.2. The number of fused-ring (bicyclic) bond motifs is 1. The van der Waals surface area contributed by atoms with E-state index < -0.39 is 24.0 Å². The third-order valence-corrected chi connectivity index (χ3v) is 4.03. The van der Waals surface area contributed by atoms with E-state index in [4.69, 9.17) is 19.3 Å². The molecule has 0 aromatic heterocycles. The van der Waals surface area contributed by atoms with E-state index in [0.29, 0.717) is 11.1 Å². The lowest BCUT2D eigenvalue weighted by molar-refractivity contribution is -0.139. The van der Waals surface area contributed by atoms with Crippen molar-refractivity contribution in [3.05, 3.63) is 65.7 Å². The Morgan fingerprint density at radius 2 is 1.89 bits per heavy atom. The summed E-state index contributed by atoms with van der Waals surface area (Å²) in [5.74, 6) is -2.91. The Morgan fingerprint density at radius 3 is 2.43 bits per heavy atom. The number of carboxylic acids is 2. The predicted molar refractivity (Wildman–Crippen MR) is 100 cm³/mol. The first kappa shape index (κ1) is 20.6. The number of rotatable bonds is 8. The Hall–Kier alpha value is -3.68. The van der Waals surface area contributed by atoms with Gasteiger partial charge >= 0.3 is 11.9 Å². The summed E-state index contributed by atoms with van der Waals surface area (Å²) >= 11 is 0. The molecule has 8 nitrogen and oxygen atoms in total. The molecule has 2 atom stereocenters. The summed E-state index contributed by atoms with van der Waals surface area (Å²) < 4.78 is 16.1. The molecule has 0 radical (unpaired) electrons. The van der Waals surface area contributed by atoms with Gasteiger partial charge in [-0.15, -0.1) is 0 Å². The fourth-order valence-corrected chi connectivity index (χ4v) is 2.76. The molecule has 0 saturated carbocycles. The Labute approximate surface area is 161 Å². The van der Waals surface area contributed by atoms with Crippen molar-refractivity contribution < 1.29 is 39.1 Å². The predicted octanol–water partition coefficient (Wildman–Crippen LogP) is 2.88.